The molecule has 1 fully saturated rings. The molecule has 7 nitrogen and oxygen atoms in total. The third-order valence-corrected chi connectivity index (χ3v) is 4.99. The Morgan fingerprint density at radius 2 is 1.83 bits per heavy atom. The zero-order valence-electron chi connectivity index (χ0n) is 16.1. The number of nitrogens with two attached hydrogens (primary N) is 1. The van der Waals surface area contributed by atoms with Crippen molar-refractivity contribution < 1.29 is 14.3 Å². The average Bonchev–Trinajstić information content (AvgIpc) is 2.74. The highest BCUT2D eigenvalue weighted by Gasteiger charge is 2.24. The van der Waals surface area contributed by atoms with E-state index in [9.17, 15) is 9.59 Å². The highest BCUT2D eigenvalue weighted by atomic mass is 16.5. The molecule has 3 rings (SSSR count). The van der Waals surface area contributed by atoms with Crippen molar-refractivity contribution in [2.24, 2.45) is 11.7 Å². The van der Waals surface area contributed by atoms with Gasteiger partial charge in [0.05, 0.1) is 23.9 Å². The molecule has 1 heterocycles. The number of nitriles is 1. The maximum Gasteiger partial charge on any atom is 0.262 e. The molecular weight excluding hydrogens is 368 g/mol. The lowest BCUT2D eigenvalue weighted by atomic mass is 9.96. The van der Waals surface area contributed by atoms with Crippen molar-refractivity contribution in [1.82, 2.24) is 0 Å². The van der Waals surface area contributed by atoms with Crippen molar-refractivity contribution in [2.45, 2.75) is 19.3 Å². The molecule has 0 radical (unpaired) electrons. The average molecular weight is 392 g/mol. The van der Waals surface area contributed by atoms with Gasteiger partial charge in [-0.25, -0.2) is 0 Å². The molecule has 0 bridgehead atoms. The van der Waals surface area contributed by atoms with Crippen molar-refractivity contribution in [1.29, 1.82) is 5.26 Å². The van der Waals surface area contributed by atoms with E-state index in [1.807, 2.05) is 36.4 Å². The van der Waals surface area contributed by atoms with Crippen molar-refractivity contribution in [3.05, 3.63) is 54.1 Å². The van der Waals surface area contributed by atoms with Crippen LogP contribution in [0.15, 0.2) is 48.5 Å². The maximum atomic E-state index is 12.4. The Bertz CT molecular complexity index is 897. The Morgan fingerprint density at radius 3 is 2.48 bits per heavy atom. The van der Waals surface area contributed by atoms with Crippen molar-refractivity contribution >= 4 is 23.2 Å². The number of anilines is 2. The molecule has 2 aromatic rings. The summed E-state index contributed by atoms with van der Waals surface area (Å²) in [6, 6.07) is 16.8. The monoisotopic (exact) mass is 392 g/mol. The van der Waals surface area contributed by atoms with Crippen LogP contribution in [0.4, 0.5) is 11.4 Å². The van der Waals surface area contributed by atoms with Crippen molar-refractivity contribution in [3.8, 4) is 11.8 Å². The van der Waals surface area contributed by atoms with Crippen LogP contribution in [0.25, 0.3) is 0 Å². The zero-order valence-corrected chi connectivity index (χ0v) is 16.1. The number of piperidine rings is 1. The molecule has 2 aromatic carbocycles. The summed E-state index contributed by atoms with van der Waals surface area (Å²) < 4.78 is 5.54. The molecule has 0 aromatic heterocycles. The molecule has 3 N–H and O–H groups in total. The Kier molecular flexibility index (Phi) is 6.69. The van der Waals surface area contributed by atoms with E-state index in [-0.39, 0.29) is 24.3 Å². The Hall–Kier alpha value is -3.53. The lowest BCUT2D eigenvalue weighted by Gasteiger charge is -2.33. The van der Waals surface area contributed by atoms with Gasteiger partial charge in [-0.05, 0) is 42.7 Å². The van der Waals surface area contributed by atoms with Crippen LogP contribution >= 0.6 is 0 Å². The number of hydrogen-bond acceptors (Lipinski definition) is 5. The number of primary amides is 1. The third-order valence-electron chi connectivity index (χ3n) is 4.99. The summed E-state index contributed by atoms with van der Waals surface area (Å²) in [6.45, 7) is 1.31. The topological polar surface area (TPSA) is 108 Å². The minimum absolute atomic E-state index is 0.0825. The number of benzene rings is 2. The van der Waals surface area contributed by atoms with Gasteiger partial charge in [0.1, 0.15) is 5.75 Å². The van der Waals surface area contributed by atoms with E-state index < -0.39 is 0 Å². The van der Waals surface area contributed by atoms with E-state index in [1.54, 1.807) is 12.1 Å². The number of rotatable bonds is 7. The van der Waals surface area contributed by atoms with E-state index >= 15 is 0 Å². The van der Waals surface area contributed by atoms with Crippen LogP contribution in [0, 0.1) is 17.2 Å². The molecule has 1 saturated heterocycles. The van der Waals surface area contributed by atoms with Gasteiger partial charge < -0.3 is 20.7 Å². The highest BCUT2D eigenvalue weighted by Crippen LogP contribution is 2.29. The van der Waals surface area contributed by atoms with Crippen LogP contribution in [0.1, 0.15) is 18.4 Å². The first-order chi connectivity index (χ1) is 14.1. The fourth-order valence-corrected chi connectivity index (χ4v) is 3.39. The first-order valence-corrected chi connectivity index (χ1v) is 9.58. The van der Waals surface area contributed by atoms with Crippen molar-refractivity contribution in [2.75, 3.05) is 29.9 Å². The van der Waals surface area contributed by atoms with Gasteiger partial charge in [0.15, 0.2) is 6.61 Å². The largest absolute Gasteiger partial charge is 0.484 e. The molecule has 29 heavy (non-hydrogen) atoms. The summed E-state index contributed by atoms with van der Waals surface area (Å²) in [5, 5.41) is 11.6. The quantitative estimate of drug-likeness (QED) is 0.752. The second-order valence-corrected chi connectivity index (χ2v) is 7.00. The van der Waals surface area contributed by atoms with Gasteiger partial charge in [-0.2, -0.15) is 5.26 Å². The van der Waals surface area contributed by atoms with Crippen LogP contribution < -0.4 is 20.7 Å². The lowest BCUT2D eigenvalue weighted by Crippen LogP contribution is -2.39. The van der Waals surface area contributed by atoms with Crippen molar-refractivity contribution in [3.63, 3.8) is 0 Å². The molecular formula is C22H24N4O3. The summed E-state index contributed by atoms with van der Waals surface area (Å²) >= 11 is 0. The van der Waals surface area contributed by atoms with Gasteiger partial charge in [0, 0.05) is 19.0 Å². The molecule has 0 saturated carbocycles. The SMILES string of the molecule is N#CCc1ccc(OCC(=O)Nc2ccccc2N2CCC(C(N)=O)CC2)cc1. The number of para-hydroxylation sites is 2. The van der Waals surface area contributed by atoms with Gasteiger partial charge in [-0.15, -0.1) is 0 Å². The minimum atomic E-state index is -0.259. The number of nitrogens with one attached hydrogen (secondary N) is 1. The number of ether oxygens (including phenoxy) is 1. The molecule has 7 heteroatoms. The van der Waals surface area contributed by atoms with Crippen LogP contribution in [0.5, 0.6) is 5.75 Å². The summed E-state index contributed by atoms with van der Waals surface area (Å²) in [4.78, 5) is 25.9. The predicted octanol–water partition coefficient (Wildman–Crippen LogP) is 2.47. The lowest BCUT2D eigenvalue weighted by molar-refractivity contribution is -0.122. The Labute approximate surface area is 170 Å². The van der Waals surface area contributed by atoms with Crippen LogP contribution in [-0.4, -0.2) is 31.5 Å². The van der Waals surface area contributed by atoms with E-state index in [4.69, 9.17) is 15.7 Å². The van der Waals surface area contributed by atoms with Gasteiger partial charge in [-0.1, -0.05) is 24.3 Å². The van der Waals surface area contributed by atoms with Gasteiger partial charge >= 0.3 is 0 Å². The van der Waals surface area contributed by atoms with Crippen LogP contribution in [0.3, 0.4) is 0 Å². The Balaban J connectivity index is 1.57. The smallest absolute Gasteiger partial charge is 0.262 e. The molecule has 0 atom stereocenters. The van der Waals surface area contributed by atoms with Gasteiger partial charge in [-0.3, -0.25) is 9.59 Å². The second-order valence-electron chi connectivity index (χ2n) is 7.00. The predicted molar refractivity (Wildman–Crippen MR) is 110 cm³/mol. The highest BCUT2D eigenvalue weighted by molar-refractivity contribution is 5.95. The molecule has 150 valence electrons. The summed E-state index contributed by atoms with van der Waals surface area (Å²) in [5.74, 6) is -0.0146. The van der Waals surface area contributed by atoms with E-state index in [0.717, 1.165) is 11.3 Å². The molecule has 0 unspecified atom stereocenters. The maximum absolute atomic E-state index is 12.4. The molecule has 1 aliphatic rings. The van der Waals surface area contributed by atoms with Crippen LogP contribution in [-0.2, 0) is 16.0 Å². The number of carbonyl (C=O) groups is 2. The molecule has 0 spiro atoms. The number of carbonyl (C=O) groups excluding carboxylic acids is 2. The zero-order chi connectivity index (χ0) is 20.6. The molecule has 0 aliphatic carbocycles. The fraction of sp³-hybridized carbons (Fsp3) is 0.318. The van der Waals surface area contributed by atoms with Crippen LogP contribution in [0.2, 0.25) is 0 Å². The summed E-state index contributed by atoms with van der Waals surface area (Å²) in [5.41, 5.74) is 7.94. The Morgan fingerprint density at radius 1 is 1.14 bits per heavy atom. The fourth-order valence-electron chi connectivity index (χ4n) is 3.39. The minimum Gasteiger partial charge on any atom is -0.484 e. The summed E-state index contributed by atoms with van der Waals surface area (Å²) in [6.07, 6.45) is 1.76. The van der Waals surface area contributed by atoms with E-state index in [2.05, 4.69) is 16.3 Å². The molecule has 1 aliphatic heterocycles. The number of nitrogens with zero attached hydrogens (tertiary/aromatic N) is 2. The summed E-state index contributed by atoms with van der Waals surface area (Å²) in [7, 11) is 0. The van der Waals surface area contributed by atoms with E-state index in [0.29, 0.717) is 43.8 Å². The standard InChI is InChI=1S/C22H24N4O3/c23-12-9-16-5-7-18(8-6-16)29-15-21(27)25-19-3-1-2-4-20(19)26-13-10-17(11-14-26)22(24)28/h1-8,17H,9-11,13-15H2,(H2,24,28)(H,25,27). The third kappa shape index (κ3) is 5.48. The number of amides is 2. The normalized spacial score (nSPS) is 14.1. The molecule has 2 amide bonds. The first kappa shape index (κ1) is 20.2. The second kappa shape index (κ2) is 9.60. The van der Waals surface area contributed by atoms with Gasteiger partial charge in [0.2, 0.25) is 5.91 Å². The first-order valence-electron chi connectivity index (χ1n) is 9.58. The van der Waals surface area contributed by atoms with Gasteiger partial charge in [0.25, 0.3) is 5.91 Å². The number of hydrogen-bond donors (Lipinski definition) is 2. The van der Waals surface area contributed by atoms with E-state index in [1.165, 1.54) is 0 Å².